The number of aryl methyl sites for hydroxylation is 1. The number of fused-ring (bicyclic) bond motifs is 1. The number of primary amides is 1. The van der Waals surface area contributed by atoms with Gasteiger partial charge in [0.2, 0.25) is 5.91 Å². The average molecular weight is 298 g/mol. The number of carbonyl (C=O) groups excluding carboxylic acids is 2. The summed E-state index contributed by atoms with van der Waals surface area (Å²) >= 11 is 0. The molecule has 0 saturated carbocycles. The van der Waals surface area contributed by atoms with Gasteiger partial charge < -0.3 is 11.1 Å². The van der Waals surface area contributed by atoms with Crippen molar-refractivity contribution in [2.24, 2.45) is 5.73 Å². The summed E-state index contributed by atoms with van der Waals surface area (Å²) in [5, 5.41) is 2.89. The fourth-order valence-electron chi connectivity index (χ4n) is 2.78. The van der Waals surface area contributed by atoms with E-state index in [4.69, 9.17) is 5.73 Å². The Morgan fingerprint density at radius 2 is 1.91 bits per heavy atom. The zero-order valence-electron chi connectivity index (χ0n) is 11.8. The van der Waals surface area contributed by atoms with E-state index >= 15 is 0 Å². The monoisotopic (exact) mass is 298 g/mol. The first-order valence-electron chi connectivity index (χ1n) is 7.03. The largest absolute Gasteiger partial charge is 0.366 e. The van der Waals surface area contributed by atoms with E-state index in [1.165, 1.54) is 18.2 Å². The molecule has 22 heavy (non-hydrogen) atoms. The number of nitrogens with two attached hydrogens (primary N) is 1. The van der Waals surface area contributed by atoms with E-state index in [-0.39, 0.29) is 23.3 Å². The van der Waals surface area contributed by atoms with Crippen LogP contribution in [-0.2, 0) is 6.42 Å². The molecule has 0 saturated heterocycles. The lowest BCUT2D eigenvalue weighted by atomic mass is 10.1. The van der Waals surface area contributed by atoms with Crippen molar-refractivity contribution in [2.75, 3.05) is 0 Å². The van der Waals surface area contributed by atoms with Crippen LogP contribution >= 0.6 is 0 Å². The van der Waals surface area contributed by atoms with Crippen LogP contribution in [0.1, 0.15) is 44.3 Å². The molecule has 0 fully saturated rings. The second-order valence-corrected chi connectivity index (χ2v) is 5.35. The van der Waals surface area contributed by atoms with Crippen molar-refractivity contribution in [1.29, 1.82) is 0 Å². The molecule has 1 aliphatic rings. The fourth-order valence-corrected chi connectivity index (χ4v) is 2.78. The van der Waals surface area contributed by atoms with Gasteiger partial charge in [-0.2, -0.15) is 0 Å². The first kappa shape index (κ1) is 14.3. The SMILES string of the molecule is NC(=O)c1cccc(C(=O)NC2CCc3ccc(F)cc32)c1. The number of hydrogen-bond acceptors (Lipinski definition) is 2. The quantitative estimate of drug-likeness (QED) is 0.913. The lowest BCUT2D eigenvalue weighted by molar-refractivity contribution is 0.0936. The van der Waals surface area contributed by atoms with Crippen molar-refractivity contribution < 1.29 is 14.0 Å². The molecule has 112 valence electrons. The minimum absolute atomic E-state index is 0.213. The van der Waals surface area contributed by atoms with Gasteiger partial charge in [0.15, 0.2) is 0 Å². The molecule has 3 N–H and O–H groups in total. The van der Waals surface area contributed by atoms with Gasteiger partial charge >= 0.3 is 0 Å². The summed E-state index contributed by atoms with van der Waals surface area (Å²) in [6.45, 7) is 0. The van der Waals surface area contributed by atoms with Crippen molar-refractivity contribution >= 4 is 11.8 Å². The highest BCUT2D eigenvalue weighted by Crippen LogP contribution is 2.31. The van der Waals surface area contributed by atoms with Crippen molar-refractivity contribution in [3.8, 4) is 0 Å². The van der Waals surface area contributed by atoms with Crippen LogP contribution in [-0.4, -0.2) is 11.8 Å². The smallest absolute Gasteiger partial charge is 0.251 e. The molecular weight excluding hydrogens is 283 g/mol. The molecule has 2 aromatic carbocycles. The summed E-state index contributed by atoms with van der Waals surface area (Å²) in [4.78, 5) is 23.5. The number of benzene rings is 2. The van der Waals surface area contributed by atoms with Gasteiger partial charge in [-0.15, -0.1) is 0 Å². The molecule has 1 unspecified atom stereocenters. The number of halogens is 1. The van der Waals surface area contributed by atoms with Crippen LogP contribution in [0.5, 0.6) is 0 Å². The van der Waals surface area contributed by atoms with Crippen LogP contribution in [0.3, 0.4) is 0 Å². The third kappa shape index (κ3) is 2.70. The van der Waals surface area contributed by atoms with Gasteiger partial charge in [0.1, 0.15) is 5.82 Å². The molecule has 0 spiro atoms. The van der Waals surface area contributed by atoms with E-state index in [1.807, 2.05) is 0 Å². The maximum atomic E-state index is 13.4. The second-order valence-electron chi connectivity index (χ2n) is 5.35. The molecule has 0 aliphatic heterocycles. The lowest BCUT2D eigenvalue weighted by Gasteiger charge is -2.14. The van der Waals surface area contributed by atoms with Gasteiger partial charge in [-0.25, -0.2) is 4.39 Å². The zero-order valence-corrected chi connectivity index (χ0v) is 11.8. The molecule has 5 heteroatoms. The molecule has 2 amide bonds. The maximum Gasteiger partial charge on any atom is 0.251 e. The topological polar surface area (TPSA) is 72.2 Å². The van der Waals surface area contributed by atoms with Crippen molar-refractivity contribution in [3.05, 3.63) is 70.5 Å². The molecule has 0 aromatic heterocycles. The Kier molecular flexibility index (Phi) is 3.63. The number of rotatable bonds is 3. The van der Waals surface area contributed by atoms with Gasteiger partial charge in [-0.05, 0) is 54.3 Å². The van der Waals surface area contributed by atoms with E-state index in [0.717, 1.165) is 24.0 Å². The summed E-state index contributed by atoms with van der Waals surface area (Å²) in [6, 6.07) is 10.7. The van der Waals surface area contributed by atoms with E-state index in [0.29, 0.717) is 5.56 Å². The number of hydrogen-bond donors (Lipinski definition) is 2. The van der Waals surface area contributed by atoms with Gasteiger partial charge in [0.05, 0.1) is 6.04 Å². The maximum absolute atomic E-state index is 13.4. The Morgan fingerprint density at radius 3 is 2.68 bits per heavy atom. The summed E-state index contributed by atoms with van der Waals surface area (Å²) in [5.41, 5.74) is 7.73. The Labute approximate surface area is 127 Å². The van der Waals surface area contributed by atoms with Gasteiger partial charge in [0, 0.05) is 11.1 Å². The highest BCUT2D eigenvalue weighted by molar-refractivity contribution is 5.99. The van der Waals surface area contributed by atoms with E-state index in [9.17, 15) is 14.0 Å². The summed E-state index contributed by atoms with van der Waals surface area (Å²) < 4.78 is 13.4. The summed E-state index contributed by atoms with van der Waals surface area (Å²) in [5.74, 6) is -1.19. The second kappa shape index (κ2) is 5.60. The Bertz CT molecular complexity index is 758. The van der Waals surface area contributed by atoms with Crippen LogP contribution in [0.4, 0.5) is 4.39 Å². The summed E-state index contributed by atoms with van der Waals surface area (Å²) in [6.07, 6.45) is 1.54. The van der Waals surface area contributed by atoms with Crippen LogP contribution in [0.25, 0.3) is 0 Å². The van der Waals surface area contributed by atoms with E-state index in [1.54, 1.807) is 24.3 Å². The highest BCUT2D eigenvalue weighted by atomic mass is 19.1. The standard InChI is InChI=1S/C17H15FN2O2/c18-13-6-4-10-5-7-15(14(10)9-13)20-17(22)12-3-1-2-11(8-12)16(19)21/h1-4,6,8-9,15H,5,7H2,(H2,19,21)(H,20,22). The minimum Gasteiger partial charge on any atom is -0.366 e. The summed E-state index contributed by atoms with van der Waals surface area (Å²) in [7, 11) is 0. The first-order chi connectivity index (χ1) is 10.5. The van der Waals surface area contributed by atoms with Crippen molar-refractivity contribution in [2.45, 2.75) is 18.9 Å². The molecule has 1 aliphatic carbocycles. The predicted molar refractivity (Wildman–Crippen MR) is 79.9 cm³/mol. The molecule has 1 atom stereocenters. The lowest BCUT2D eigenvalue weighted by Crippen LogP contribution is -2.27. The van der Waals surface area contributed by atoms with Gasteiger partial charge in [-0.3, -0.25) is 9.59 Å². The Hall–Kier alpha value is -2.69. The first-order valence-corrected chi connectivity index (χ1v) is 7.03. The number of nitrogens with one attached hydrogen (secondary N) is 1. The minimum atomic E-state index is -0.581. The molecule has 2 aromatic rings. The third-order valence-electron chi connectivity index (χ3n) is 3.90. The molecule has 0 bridgehead atoms. The molecule has 0 heterocycles. The van der Waals surface area contributed by atoms with Crippen LogP contribution in [0, 0.1) is 5.82 Å². The highest BCUT2D eigenvalue weighted by Gasteiger charge is 2.24. The zero-order chi connectivity index (χ0) is 15.7. The van der Waals surface area contributed by atoms with Crippen LogP contribution in [0.2, 0.25) is 0 Å². The van der Waals surface area contributed by atoms with Crippen LogP contribution < -0.4 is 11.1 Å². The molecule has 4 nitrogen and oxygen atoms in total. The normalized spacial score (nSPS) is 16.1. The Morgan fingerprint density at radius 1 is 1.14 bits per heavy atom. The molecule has 3 rings (SSSR count). The average Bonchev–Trinajstić information content (AvgIpc) is 2.89. The number of carbonyl (C=O) groups is 2. The molecule has 0 radical (unpaired) electrons. The number of amides is 2. The predicted octanol–water partition coefficient (Wildman–Crippen LogP) is 2.34. The Balaban J connectivity index is 1.80. The van der Waals surface area contributed by atoms with Crippen molar-refractivity contribution in [1.82, 2.24) is 5.32 Å². The third-order valence-corrected chi connectivity index (χ3v) is 3.90. The molecular formula is C17H15FN2O2. The fraction of sp³-hybridized carbons (Fsp3) is 0.176. The van der Waals surface area contributed by atoms with Gasteiger partial charge in [-0.1, -0.05) is 12.1 Å². The van der Waals surface area contributed by atoms with E-state index < -0.39 is 5.91 Å². The van der Waals surface area contributed by atoms with E-state index in [2.05, 4.69) is 5.32 Å². The van der Waals surface area contributed by atoms with Crippen LogP contribution in [0.15, 0.2) is 42.5 Å². The van der Waals surface area contributed by atoms with Gasteiger partial charge in [0.25, 0.3) is 5.91 Å². The van der Waals surface area contributed by atoms with Crippen molar-refractivity contribution in [3.63, 3.8) is 0 Å².